The molecule has 0 heterocycles. The summed E-state index contributed by atoms with van der Waals surface area (Å²) in [7, 11) is 0. The number of esters is 3. The molecule has 0 bridgehead atoms. The highest BCUT2D eigenvalue weighted by molar-refractivity contribution is 5.71. The van der Waals surface area contributed by atoms with Gasteiger partial charge in [-0.1, -0.05) is 330 Å². The summed E-state index contributed by atoms with van der Waals surface area (Å²) < 4.78 is 17.0. The van der Waals surface area contributed by atoms with Gasteiger partial charge in [0.1, 0.15) is 13.2 Å². The van der Waals surface area contributed by atoms with E-state index >= 15 is 0 Å². The van der Waals surface area contributed by atoms with Crippen molar-refractivity contribution >= 4 is 17.9 Å². The van der Waals surface area contributed by atoms with Crippen LogP contribution in [0.15, 0.2) is 97.2 Å². The van der Waals surface area contributed by atoms with Crippen LogP contribution in [0.3, 0.4) is 0 Å². The first-order valence-electron chi connectivity index (χ1n) is 35.7. The van der Waals surface area contributed by atoms with Crippen LogP contribution in [-0.2, 0) is 28.6 Å². The van der Waals surface area contributed by atoms with E-state index in [0.29, 0.717) is 19.3 Å². The molecule has 0 fully saturated rings. The Labute approximate surface area is 515 Å². The second kappa shape index (κ2) is 70.8. The first kappa shape index (κ1) is 79.3. The SMILES string of the molecule is CC/C=C\C/C=C\C/C=C\C/C=C\C/C=C\C/C=C\C/C=C\CCCCCCCCCCCCCC(=O)OCC(COC(=O)CCCCCCC/C=C\CCCCCCC)OC(=O)CCCCCCCCCCCCCCCCCCCC. The van der Waals surface area contributed by atoms with Crippen molar-refractivity contribution in [3.63, 3.8) is 0 Å². The number of rotatable bonds is 65. The van der Waals surface area contributed by atoms with E-state index < -0.39 is 6.10 Å². The molecule has 478 valence electrons. The van der Waals surface area contributed by atoms with Crippen LogP contribution in [0.4, 0.5) is 0 Å². The zero-order valence-electron chi connectivity index (χ0n) is 54.9. The maximum absolute atomic E-state index is 12.9. The summed E-state index contributed by atoms with van der Waals surface area (Å²) >= 11 is 0. The molecule has 0 aromatic carbocycles. The molecule has 1 unspecified atom stereocenters. The maximum Gasteiger partial charge on any atom is 0.306 e. The van der Waals surface area contributed by atoms with E-state index in [2.05, 4.69) is 118 Å². The third kappa shape index (κ3) is 69.0. The fraction of sp³-hybridized carbons (Fsp3) is 0.753. The predicted molar refractivity (Wildman–Crippen MR) is 362 cm³/mol. The molecule has 6 heteroatoms. The highest BCUT2D eigenvalue weighted by atomic mass is 16.6. The lowest BCUT2D eigenvalue weighted by Gasteiger charge is -2.18. The second-order valence-corrected chi connectivity index (χ2v) is 23.8. The minimum absolute atomic E-state index is 0.0773. The zero-order valence-corrected chi connectivity index (χ0v) is 54.9. The van der Waals surface area contributed by atoms with Gasteiger partial charge in [0.05, 0.1) is 0 Å². The first-order valence-corrected chi connectivity index (χ1v) is 35.7. The number of allylic oxidation sites excluding steroid dienone is 16. The molecular weight excluding hydrogens is 1020 g/mol. The van der Waals surface area contributed by atoms with Gasteiger partial charge in [-0.15, -0.1) is 0 Å². The Kier molecular flexibility index (Phi) is 67.7. The van der Waals surface area contributed by atoms with Crippen LogP contribution in [0.2, 0.25) is 0 Å². The Balaban J connectivity index is 4.24. The molecule has 0 spiro atoms. The van der Waals surface area contributed by atoms with Crippen molar-refractivity contribution in [2.24, 2.45) is 0 Å². The Hall–Kier alpha value is -3.67. The van der Waals surface area contributed by atoms with Crippen LogP contribution in [0.25, 0.3) is 0 Å². The van der Waals surface area contributed by atoms with Gasteiger partial charge in [0, 0.05) is 19.3 Å². The molecule has 0 saturated carbocycles. The van der Waals surface area contributed by atoms with E-state index in [0.717, 1.165) is 109 Å². The molecule has 0 aliphatic carbocycles. The summed E-state index contributed by atoms with van der Waals surface area (Å²) in [5.41, 5.74) is 0. The van der Waals surface area contributed by atoms with Gasteiger partial charge in [-0.3, -0.25) is 14.4 Å². The van der Waals surface area contributed by atoms with Crippen LogP contribution in [-0.4, -0.2) is 37.2 Å². The number of hydrogen-bond donors (Lipinski definition) is 0. The molecule has 0 N–H and O–H groups in total. The minimum atomic E-state index is -0.781. The molecule has 0 rings (SSSR count). The van der Waals surface area contributed by atoms with Crippen molar-refractivity contribution in [1.82, 2.24) is 0 Å². The number of ether oxygens (including phenoxy) is 3. The average Bonchev–Trinajstić information content (AvgIpc) is 3.49. The van der Waals surface area contributed by atoms with Crippen LogP contribution < -0.4 is 0 Å². The smallest absolute Gasteiger partial charge is 0.306 e. The van der Waals surface area contributed by atoms with Crippen molar-refractivity contribution in [1.29, 1.82) is 0 Å². The van der Waals surface area contributed by atoms with Crippen molar-refractivity contribution in [2.75, 3.05) is 13.2 Å². The third-order valence-corrected chi connectivity index (χ3v) is 15.6. The summed E-state index contributed by atoms with van der Waals surface area (Å²) in [5, 5.41) is 0. The summed E-state index contributed by atoms with van der Waals surface area (Å²) in [5.74, 6) is -0.869. The van der Waals surface area contributed by atoms with E-state index in [1.807, 2.05) is 0 Å². The minimum Gasteiger partial charge on any atom is -0.462 e. The highest BCUT2D eigenvalue weighted by Crippen LogP contribution is 2.17. The summed E-state index contributed by atoms with van der Waals surface area (Å²) in [4.78, 5) is 38.4. The van der Waals surface area contributed by atoms with Gasteiger partial charge in [-0.25, -0.2) is 0 Å². The molecule has 0 amide bonds. The van der Waals surface area contributed by atoms with Crippen LogP contribution in [0.1, 0.15) is 355 Å². The molecule has 83 heavy (non-hydrogen) atoms. The van der Waals surface area contributed by atoms with Gasteiger partial charge in [-0.2, -0.15) is 0 Å². The summed E-state index contributed by atoms with van der Waals surface area (Å²) in [6, 6.07) is 0. The maximum atomic E-state index is 12.9. The largest absolute Gasteiger partial charge is 0.462 e. The van der Waals surface area contributed by atoms with Gasteiger partial charge in [0.15, 0.2) is 6.10 Å². The zero-order chi connectivity index (χ0) is 59.9. The molecular formula is C77H134O6. The molecule has 0 saturated heterocycles. The fourth-order valence-corrected chi connectivity index (χ4v) is 10.2. The lowest BCUT2D eigenvalue weighted by molar-refractivity contribution is -0.167. The quantitative estimate of drug-likeness (QED) is 0.0261. The van der Waals surface area contributed by atoms with Gasteiger partial charge in [0.25, 0.3) is 0 Å². The van der Waals surface area contributed by atoms with Gasteiger partial charge in [0.2, 0.25) is 0 Å². The fourth-order valence-electron chi connectivity index (χ4n) is 10.2. The Morgan fingerprint density at radius 2 is 0.470 bits per heavy atom. The van der Waals surface area contributed by atoms with E-state index in [4.69, 9.17) is 14.2 Å². The molecule has 0 radical (unpaired) electrons. The molecule has 6 nitrogen and oxygen atoms in total. The number of unbranched alkanes of at least 4 members (excludes halogenated alkanes) is 38. The summed E-state index contributed by atoms with van der Waals surface area (Å²) in [6.07, 6.45) is 95.7. The normalized spacial score (nSPS) is 12.7. The Bertz CT molecular complexity index is 1610. The average molecular weight is 1160 g/mol. The second-order valence-electron chi connectivity index (χ2n) is 23.8. The van der Waals surface area contributed by atoms with Gasteiger partial charge >= 0.3 is 17.9 Å². The molecule has 0 aliphatic heterocycles. The number of hydrogen-bond acceptors (Lipinski definition) is 6. The Morgan fingerprint density at radius 1 is 0.253 bits per heavy atom. The van der Waals surface area contributed by atoms with E-state index in [1.54, 1.807) is 0 Å². The lowest BCUT2D eigenvalue weighted by Crippen LogP contribution is -2.30. The van der Waals surface area contributed by atoms with Crippen molar-refractivity contribution in [3.05, 3.63) is 97.2 Å². The highest BCUT2D eigenvalue weighted by Gasteiger charge is 2.19. The monoisotopic (exact) mass is 1160 g/mol. The van der Waals surface area contributed by atoms with Crippen LogP contribution in [0, 0.1) is 0 Å². The van der Waals surface area contributed by atoms with Crippen LogP contribution in [0.5, 0.6) is 0 Å². The molecule has 0 aromatic heterocycles. The number of carbonyl (C=O) groups excluding carboxylic acids is 3. The van der Waals surface area contributed by atoms with Crippen molar-refractivity contribution < 1.29 is 28.6 Å². The van der Waals surface area contributed by atoms with Gasteiger partial charge in [-0.05, 0) is 103 Å². The topological polar surface area (TPSA) is 78.9 Å². The van der Waals surface area contributed by atoms with E-state index in [9.17, 15) is 14.4 Å². The summed E-state index contributed by atoms with van der Waals surface area (Å²) in [6.45, 7) is 6.56. The lowest BCUT2D eigenvalue weighted by atomic mass is 10.0. The molecule has 1 atom stereocenters. The van der Waals surface area contributed by atoms with E-state index in [1.165, 1.54) is 205 Å². The Morgan fingerprint density at radius 3 is 0.747 bits per heavy atom. The molecule has 0 aromatic rings. The van der Waals surface area contributed by atoms with E-state index in [-0.39, 0.29) is 31.1 Å². The van der Waals surface area contributed by atoms with Crippen LogP contribution >= 0.6 is 0 Å². The van der Waals surface area contributed by atoms with Crippen molar-refractivity contribution in [2.45, 2.75) is 361 Å². The van der Waals surface area contributed by atoms with Gasteiger partial charge < -0.3 is 14.2 Å². The number of carbonyl (C=O) groups is 3. The third-order valence-electron chi connectivity index (χ3n) is 15.6. The predicted octanol–water partition coefficient (Wildman–Crippen LogP) is 24.8. The standard InChI is InChI=1S/C77H134O6/c1-4-7-10-13-16-19-22-25-28-30-32-33-34-35-36-37-38-39-40-41-42-43-44-45-46-48-49-52-55-58-61-64-67-70-76(79)82-73-74(72-81-75(78)69-66-63-60-57-54-51-27-24-21-18-15-12-9-6-3)83-77(80)71-68-65-62-59-56-53-50-47-31-29-26-23-20-17-14-11-8-5-2/h7,10,16,19,24-25,27-28,32-33,35-36,38-39,41-42,74H,4-6,8-9,11-15,17-18,20-23,26,29-31,34,37,40,43-73H2,1-3H3/b10-7-,19-16-,27-24-,28-25-,33-32-,36-35-,39-38-,42-41-. The van der Waals surface area contributed by atoms with Crippen molar-refractivity contribution in [3.8, 4) is 0 Å². The molecule has 0 aliphatic rings. The first-order chi connectivity index (χ1) is 41.0.